The van der Waals surface area contributed by atoms with E-state index < -0.39 is 16.4 Å². The minimum absolute atomic E-state index is 0.135. The number of hydrogen-bond donors (Lipinski definition) is 2. The van der Waals surface area contributed by atoms with E-state index in [9.17, 15) is 14.5 Å². The van der Waals surface area contributed by atoms with Crippen molar-refractivity contribution in [3.8, 4) is 0 Å². The normalized spacial score (nSPS) is 10.4. The van der Waals surface area contributed by atoms with E-state index in [1.54, 1.807) is 0 Å². The molecule has 104 valence electrons. The molecule has 0 aliphatic rings. The van der Waals surface area contributed by atoms with Crippen molar-refractivity contribution in [2.75, 3.05) is 11.5 Å². The molecule has 0 atom stereocenters. The van der Waals surface area contributed by atoms with Crippen molar-refractivity contribution in [2.24, 2.45) is 0 Å². The van der Waals surface area contributed by atoms with Crippen LogP contribution in [-0.4, -0.2) is 14.9 Å². The average Bonchev–Trinajstić information content (AvgIpc) is 2.36. The van der Waals surface area contributed by atoms with Gasteiger partial charge in [0.2, 0.25) is 5.82 Å². The van der Waals surface area contributed by atoms with Gasteiger partial charge in [-0.15, -0.1) is 0 Å². The van der Waals surface area contributed by atoms with Crippen molar-refractivity contribution in [1.82, 2.24) is 9.97 Å². The van der Waals surface area contributed by atoms with E-state index in [0.717, 1.165) is 17.8 Å². The summed E-state index contributed by atoms with van der Waals surface area (Å²) in [5, 5.41) is 10.9. The van der Waals surface area contributed by atoms with Crippen LogP contribution in [0.2, 0.25) is 0 Å². The van der Waals surface area contributed by atoms with Crippen LogP contribution in [0.1, 0.15) is 5.56 Å². The van der Waals surface area contributed by atoms with Crippen LogP contribution in [0.3, 0.4) is 0 Å². The lowest BCUT2D eigenvalue weighted by Crippen LogP contribution is -2.00. The molecule has 0 saturated carbocycles. The van der Waals surface area contributed by atoms with Gasteiger partial charge in [-0.25, -0.2) is 9.97 Å². The number of aromatic nitrogens is 2. The van der Waals surface area contributed by atoms with Gasteiger partial charge in [0.05, 0.1) is 4.92 Å². The molecular formula is C11H10FN5O2S. The number of benzene rings is 1. The Morgan fingerprint density at radius 1 is 1.30 bits per heavy atom. The third kappa shape index (κ3) is 3.12. The molecule has 1 heterocycles. The van der Waals surface area contributed by atoms with Crippen molar-refractivity contribution in [1.29, 1.82) is 0 Å². The third-order valence-electron chi connectivity index (χ3n) is 2.36. The van der Waals surface area contributed by atoms with Gasteiger partial charge < -0.3 is 11.5 Å². The highest BCUT2D eigenvalue weighted by atomic mass is 32.2. The number of nitro groups is 1. The fraction of sp³-hybridized carbons (Fsp3) is 0.0909. The van der Waals surface area contributed by atoms with Crippen molar-refractivity contribution in [3.05, 3.63) is 45.8 Å². The number of halogens is 1. The zero-order valence-electron chi connectivity index (χ0n) is 10.1. The van der Waals surface area contributed by atoms with Crippen LogP contribution in [0.4, 0.5) is 21.7 Å². The summed E-state index contributed by atoms with van der Waals surface area (Å²) in [4.78, 5) is 17.7. The minimum Gasteiger partial charge on any atom is -0.383 e. The monoisotopic (exact) mass is 295 g/mol. The summed E-state index contributed by atoms with van der Waals surface area (Å²) in [7, 11) is 0. The molecule has 0 aliphatic carbocycles. The molecule has 9 heteroatoms. The number of anilines is 2. The third-order valence-corrected chi connectivity index (χ3v) is 3.25. The topological polar surface area (TPSA) is 121 Å². The average molecular weight is 295 g/mol. The molecule has 4 N–H and O–H groups in total. The standard InChI is InChI=1S/C11H10FN5O2S/c12-10-6(2-1-3-7(10)17(18)19)5-20-11-15-8(13)4-9(14)16-11/h1-4H,5H2,(H4,13,14,15,16). The summed E-state index contributed by atoms with van der Waals surface area (Å²) in [6.45, 7) is 0. The Kier molecular flexibility index (Phi) is 3.99. The van der Waals surface area contributed by atoms with E-state index in [2.05, 4.69) is 9.97 Å². The summed E-state index contributed by atoms with van der Waals surface area (Å²) >= 11 is 1.09. The molecule has 7 nitrogen and oxygen atoms in total. The minimum atomic E-state index is -0.859. The zero-order valence-corrected chi connectivity index (χ0v) is 10.9. The number of rotatable bonds is 4. The second-order valence-corrected chi connectivity index (χ2v) is 4.74. The highest BCUT2D eigenvalue weighted by molar-refractivity contribution is 7.98. The van der Waals surface area contributed by atoms with Crippen LogP contribution < -0.4 is 11.5 Å². The van der Waals surface area contributed by atoms with Crippen molar-refractivity contribution in [3.63, 3.8) is 0 Å². The largest absolute Gasteiger partial charge is 0.383 e. The lowest BCUT2D eigenvalue weighted by Gasteiger charge is -2.04. The molecule has 0 unspecified atom stereocenters. The molecule has 0 spiro atoms. The fourth-order valence-corrected chi connectivity index (χ4v) is 2.33. The van der Waals surface area contributed by atoms with Gasteiger partial charge in [-0.2, -0.15) is 4.39 Å². The first-order chi connectivity index (χ1) is 9.47. The highest BCUT2D eigenvalue weighted by Crippen LogP contribution is 2.26. The molecule has 1 aromatic heterocycles. The maximum absolute atomic E-state index is 13.8. The van der Waals surface area contributed by atoms with Gasteiger partial charge in [0.25, 0.3) is 0 Å². The summed E-state index contributed by atoms with van der Waals surface area (Å²) in [5.74, 6) is -0.308. The molecule has 0 saturated heterocycles. The quantitative estimate of drug-likeness (QED) is 0.383. The van der Waals surface area contributed by atoms with Crippen LogP contribution >= 0.6 is 11.8 Å². The number of nitrogens with two attached hydrogens (primary N) is 2. The molecule has 2 aromatic rings. The van der Waals surface area contributed by atoms with Gasteiger partial charge in [0, 0.05) is 23.4 Å². The number of nitrogen functional groups attached to an aromatic ring is 2. The molecule has 2 rings (SSSR count). The van der Waals surface area contributed by atoms with Crippen LogP contribution in [0.15, 0.2) is 29.4 Å². The Labute approximate surface area is 117 Å². The van der Waals surface area contributed by atoms with Crippen LogP contribution in [0.25, 0.3) is 0 Å². The Morgan fingerprint density at radius 3 is 2.55 bits per heavy atom. The lowest BCUT2D eigenvalue weighted by atomic mass is 10.2. The maximum atomic E-state index is 13.8. The first-order valence-corrected chi connectivity index (χ1v) is 6.40. The highest BCUT2D eigenvalue weighted by Gasteiger charge is 2.17. The Balaban J connectivity index is 2.19. The Bertz CT molecular complexity index is 647. The SMILES string of the molecule is Nc1cc(N)nc(SCc2cccc([N+](=O)[O-])c2F)n1. The lowest BCUT2D eigenvalue weighted by molar-refractivity contribution is -0.387. The molecule has 0 fully saturated rings. The first kappa shape index (κ1) is 14.0. The van der Waals surface area contributed by atoms with E-state index in [-0.39, 0.29) is 28.1 Å². The molecule has 0 bridgehead atoms. The predicted octanol–water partition coefficient (Wildman–Crippen LogP) is 1.98. The van der Waals surface area contributed by atoms with E-state index in [1.807, 2.05) is 0 Å². The molecule has 0 aliphatic heterocycles. The predicted molar refractivity (Wildman–Crippen MR) is 73.5 cm³/mol. The fourth-order valence-electron chi connectivity index (χ4n) is 1.49. The maximum Gasteiger partial charge on any atom is 0.305 e. The summed E-state index contributed by atoms with van der Waals surface area (Å²) in [6.07, 6.45) is 0. The van der Waals surface area contributed by atoms with Crippen LogP contribution in [0, 0.1) is 15.9 Å². The van der Waals surface area contributed by atoms with Gasteiger partial charge in [-0.3, -0.25) is 10.1 Å². The van der Waals surface area contributed by atoms with E-state index >= 15 is 0 Å². The van der Waals surface area contributed by atoms with E-state index in [1.165, 1.54) is 18.2 Å². The van der Waals surface area contributed by atoms with Crippen molar-refractivity contribution in [2.45, 2.75) is 10.9 Å². The summed E-state index contributed by atoms with van der Waals surface area (Å²) < 4.78 is 13.8. The molecule has 1 aromatic carbocycles. The van der Waals surface area contributed by atoms with Gasteiger partial charge in [0.1, 0.15) is 11.6 Å². The van der Waals surface area contributed by atoms with Crippen LogP contribution in [0.5, 0.6) is 0 Å². The number of nitro benzene ring substituents is 1. The van der Waals surface area contributed by atoms with Gasteiger partial charge in [-0.05, 0) is 0 Å². The smallest absolute Gasteiger partial charge is 0.305 e. The van der Waals surface area contributed by atoms with Crippen LogP contribution in [-0.2, 0) is 5.75 Å². The van der Waals surface area contributed by atoms with E-state index in [4.69, 9.17) is 11.5 Å². The molecule has 0 amide bonds. The molecular weight excluding hydrogens is 285 g/mol. The second-order valence-electron chi connectivity index (χ2n) is 3.80. The van der Waals surface area contributed by atoms with E-state index in [0.29, 0.717) is 0 Å². The van der Waals surface area contributed by atoms with Gasteiger partial charge in [0.15, 0.2) is 5.16 Å². The molecule has 20 heavy (non-hydrogen) atoms. The van der Waals surface area contributed by atoms with Crippen molar-refractivity contribution < 1.29 is 9.31 Å². The first-order valence-electron chi connectivity index (χ1n) is 5.42. The number of nitrogens with zero attached hydrogens (tertiary/aromatic N) is 3. The number of hydrogen-bond acceptors (Lipinski definition) is 7. The zero-order chi connectivity index (χ0) is 14.7. The number of thioether (sulfide) groups is 1. The Morgan fingerprint density at radius 2 is 1.95 bits per heavy atom. The van der Waals surface area contributed by atoms with Crippen molar-refractivity contribution >= 4 is 29.1 Å². The Hall–Kier alpha value is -2.42. The summed E-state index contributed by atoms with van der Waals surface area (Å²) in [5.41, 5.74) is 10.7. The second kappa shape index (κ2) is 5.70. The summed E-state index contributed by atoms with van der Waals surface area (Å²) in [6, 6.07) is 5.40. The van der Waals surface area contributed by atoms with Gasteiger partial charge >= 0.3 is 5.69 Å². The van der Waals surface area contributed by atoms with Gasteiger partial charge in [-0.1, -0.05) is 23.9 Å². The molecule has 0 radical (unpaired) electrons.